The van der Waals surface area contributed by atoms with Gasteiger partial charge in [0, 0.05) is 43.3 Å². The van der Waals surface area contributed by atoms with Crippen LogP contribution >= 0.6 is 0 Å². The number of pyridine rings is 2. The summed E-state index contributed by atoms with van der Waals surface area (Å²) in [6.45, 7) is 7.00. The molecule has 3 nitrogen and oxygen atoms in total. The van der Waals surface area contributed by atoms with Crippen molar-refractivity contribution in [2.24, 2.45) is 0 Å². The summed E-state index contributed by atoms with van der Waals surface area (Å²) in [7, 11) is -1.23. The first kappa shape index (κ1) is 25.7. The fraction of sp³-hybridized carbons (Fsp3) is 0.0968. The molecule has 3 aromatic carbocycles. The summed E-state index contributed by atoms with van der Waals surface area (Å²) in [4.78, 5) is 9.03. The molecule has 0 unspecified atom stereocenters. The van der Waals surface area contributed by atoms with Crippen LogP contribution in [-0.2, 0) is 20.1 Å². The van der Waals surface area contributed by atoms with Crippen molar-refractivity contribution in [1.82, 2.24) is 9.97 Å². The van der Waals surface area contributed by atoms with Gasteiger partial charge < -0.3 is 14.4 Å². The summed E-state index contributed by atoms with van der Waals surface area (Å²) in [5, 5.41) is 3.55. The van der Waals surface area contributed by atoms with Crippen molar-refractivity contribution in [3.8, 4) is 22.5 Å². The average Bonchev–Trinajstić information content (AvgIpc) is 3.28. The fourth-order valence-electron chi connectivity index (χ4n) is 3.87. The molecule has 0 aliphatic carbocycles. The smallest absolute Gasteiger partial charge is 0.135 e. The molecule has 3 heterocycles. The minimum absolute atomic E-state index is 0. The topological polar surface area (TPSA) is 38.9 Å². The number of aromatic nitrogens is 2. The van der Waals surface area contributed by atoms with Gasteiger partial charge in [-0.2, -0.15) is 0 Å². The van der Waals surface area contributed by atoms with E-state index in [1.54, 1.807) is 0 Å². The predicted octanol–water partition coefficient (Wildman–Crippen LogP) is 7.54. The van der Waals surface area contributed by atoms with Crippen LogP contribution in [0.25, 0.3) is 44.5 Å². The van der Waals surface area contributed by atoms with Gasteiger partial charge in [0.15, 0.2) is 0 Å². The van der Waals surface area contributed by atoms with Gasteiger partial charge in [-0.1, -0.05) is 50.0 Å². The summed E-state index contributed by atoms with van der Waals surface area (Å²) >= 11 is 0. The largest absolute Gasteiger partial charge is 0.457 e. The Balaban J connectivity index is 0.000000167. The molecule has 0 fully saturated rings. The third-order valence-corrected chi connectivity index (χ3v) is 7.89. The number of furan rings is 1. The molecular weight excluding hydrogens is 637 g/mol. The molecule has 0 aliphatic heterocycles. The Morgan fingerprint density at radius 3 is 1.89 bits per heavy atom. The Kier molecular flexibility index (Phi) is 7.95. The molecule has 181 valence electrons. The third kappa shape index (κ3) is 5.71. The molecule has 6 aromatic rings. The molecule has 5 heteroatoms. The molecule has 0 amide bonds. The van der Waals surface area contributed by atoms with Gasteiger partial charge in [-0.3, -0.25) is 0 Å². The van der Waals surface area contributed by atoms with Crippen molar-refractivity contribution < 1.29 is 24.5 Å². The molecule has 6 rings (SSSR count). The van der Waals surface area contributed by atoms with E-state index in [0.29, 0.717) is 0 Å². The molecule has 0 spiro atoms. The van der Waals surface area contributed by atoms with E-state index in [-0.39, 0.29) is 20.1 Å². The summed E-state index contributed by atoms with van der Waals surface area (Å²) < 4.78 is 5.86. The third-order valence-electron chi connectivity index (χ3n) is 5.86. The van der Waals surface area contributed by atoms with E-state index in [4.69, 9.17) is 4.42 Å². The quantitative estimate of drug-likeness (QED) is 0.145. The number of para-hydroxylation sites is 1. The van der Waals surface area contributed by atoms with Crippen LogP contribution in [0.2, 0.25) is 19.6 Å². The molecule has 0 aliphatic rings. The normalized spacial score (nSPS) is 11.0. The van der Waals surface area contributed by atoms with Crippen LogP contribution in [0.5, 0.6) is 0 Å². The molecular formula is C31H26IrN2OSi-2. The average molecular weight is 663 g/mol. The van der Waals surface area contributed by atoms with Crippen LogP contribution < -0.4 is 5.19 Å². The van der Waals surface area contributed by atoms with E-state index in [1.807, 2.05) is 85.2 Å². The van der Waals surface area contributed by atoms with Gasteiger partial charge in [-0.25, -0.2) is 0 Å². The molecule has 1 radical (unpaired) electrons. The molecule has 0 saturated heterocycles. The van der Waals surface area contributed by atoms with Gasteiger partial charge in [0.05, 0.1) is 8.07 Å². The maximum Gasteiger partial charge on any atom is 0.135 e. The van der Waals surface area contributed by atoms with Crippen molar-refractivity contribution >= 4 is 35.2 Å². The number of hydrogen-bond donors (Lipinski definition) is 0. The zero-order valence-corrected chi connectivity index (χ0v) is 23.8. The van der Waals surface area contributed by atoms with Gasteiger partial charge in [-0.15, -0.1) is 71.8 Å². The Labute approximate surface area is 226 Å². The van der Waals surface area contributed by atoms with Gasteiger partial charge in [0.25, 0.3) is 0 Å². The van der Waals surface area contributed by atoms with Gasteiger partial charge >= 0.3 is 0 Å². The number of nitrogens with zero attached hydrogens (tertiary/aromatic N) is 2. The van der Waals surface area contributed by atoms with E-state index < -0.39 is 8.07 Å². The second-order valence-electron chi connectivity index (χ2n) is 9.40. The van der Waals surface area contributed by atoms with Gasteiger partial charge in [0.2, 0.25) is 0 Å². The van der Waals surface area contributed by atoms with Crippen molar-refractivity contribution in [3.63, 3.8) is 0 Å². The van der Waals surface area contributed by atoms with Crippen molar-refractivity contribution in [3.05, 3.63) is 116 Å². The maximum atomic E-state index is 5.86. The van der Waals surface area contributed by atoms with E-state index in [1.165, 1.54) is 5.19 Å². The van der Waals surface area contributed by atoms with Crippen molar-refractivity contribution in [2.75, 3.05) is 0 Å². The SMILES string of the molecule is C[Si](C)(C)c1ccc(-c2[c-]cccc2)nc1.[Ir].[c-]1ccccc1-c1cc2oc3ccccc3c2cn1. The minimum Gasteiger partial charge on any atom is -0.457 e. The monoisotopic (exact) mass is 663 g/mol. The Bertz CT molecular complexity index is 1560. The summed E-state index contributed by atoms with van der Waals surface area (Å²) in [5.41, 5.74) is 5.68. The molecule has 0 bridgehead atoms. The van der Waals surface area contributed by atoms with Crippen LogP contribution in [0.1, 0.15) is 0 Å². The summed E-state index contributed by atoms with van der Waals surface area (Å²) in [6.07, 6.45) is 3.89. The van der Waals surface area contributed by atoms with Crippen LogP contribution in [0.15, 0.2) is 108 Å². The Morgan fingerprint density at radius 1 is 0.639 bits per heavy atom. The maximum absolute atomic E-state index is 5.86. The second-order valence-corrected chi connectivity index (χ2v) is 14.5. The van der Waals surface area contributed by atoms with E-state index in [2.05, 4.69) is 59.9 Å². The first-order chi connectivity index (χ1) is 17.0. The molecule has 0 N–H and O–H groups in total. The predicted molar refractivity (Wildman–Crippen MR) is 147 cm³/mol. The summed E-state index contributed by atoms with van der Waals surface area (Å²) in [5.74, 6) is 0. The van der Waals surface area contributed by atoms with Gasteiger partial charge in [0.1, 0.15) is 11.2 Å². The standard InChI is InChI=1S/C17H10NO.C14H16NSi.Ir/c1-2-6-12(7-3-1)15-10-17-14(11-18-15)13-8-4-5-9-16(13)19-17;1-16(2,3)13-9-10-14(15-11-13)12-7-5-4-6-8-12;/h1-6,8-11H;4-7,9-11H,1-3H3;/q2*-1;. The van der Waals surface area contributed by atoms with E-state index in [0.717, 1.165) is 44.5 Å². The van der Waals surface area contributed by atoms with E-state index >= 15 is 0 Å². The molecule has 36 heavy (non-hydrogen) atoms. The Morgan fingerprint density at radius 2 is 1.28 bits per heavy atom. The van der Waals surface area contributed by atoms with Crippen LogP contribution in [0.3, 0.4) is 0 Å². The molecule has 0 saturated carbocycles. The minimum atomic E-state index is -1.23. The van der Waals surface area contributed by atoms with Crippen molar-refractivity contribution in [2.45, 2.75) is 19.6 Å². The van der Waals surface area contributed by atoms with Crippen LogP contribution in [0.4, 0.5) is 0 Å². The van der Waals surface area contributed by atoms with Crippen LogP contribution in [0, 0.1) is 12.1 Å². The van der Waals surface area contributed by atoms with E-state index in [9.17, 15) is 0 Å². The zero-order valence-electron chi connectivity index (χ0n) is 20.5. The first-order valence-electron chi connectivity index (χ1n) is 11.7. The zero-order chi connectivity index (χ0) is 24.3. The molecule has 3 aromatic heterocycles. The number of rotatable bonds is 3. The number of benzene rings is 3. The Hall–Kier alpha value is -3.37. The molecule has 0 atom stereocenters. The van der Waals surface area contributed by atoms with Crippen molar-refractivity contribution in [1.29, 1.82) is 0 Å². The van der Waals surface area contributed by atoms with Crippen LogP contribution in [-0.4, -0.2) is 18.0 Å². The number of fused-ring (bicyclic) bond motifs is 3. The first-order valence-corrected chi connectivity index (χ1v) is 15.2. The fourth-order valence-corrected chi connectivity index (χ4v) is 4.90. The summed E-state index contributed by atoms with van der Waals surface area (Å²) in [6, 6.07) is 36.4. The number of hydrogen-bond acceptors (Lipinski definition) is 3. The van der Waals surface area contributed by atoms with Gasteiger partial charge in [-0.05, 0) is 28.7 Å². The second kappa shape index (κ2) is 11.1.